The first-order chi connectivity index (χ1) is 9.86. The Morgan fingerprint density at radius 3 is 2.67 bits per heavy atom. The Morgan fingerprint density at radius 2 is 2.14 bits per heavy atom. The molecule has 1 saturated heterocycles. The van der Waals surface area contributed by atoms with Gasteiger partial charge < -0.3 is 20.5 Å². The van der Waals surface area contributed by atoms with E-state index in [1.165, 1.54) is 0 Å². The van der Waals surface area contributed by atoms with Gasteiger partial charge in [-0.15, -0.1) is 0 Å². The summed E-state index contributed by atoms with van der Waals surface area (Å²) in [6, 6.07) is 2.79. The molecule has 0 radical (unpaired) electrons. The van der Waals surface area contributed by atoms with E-state index in [1.807, 2.05) is 0 Å². The van der Waals surface area contributed by atoms with E-state index in [1.54, 1.807) is 0 Å². The topological polar surface area (TPSA) is 73.6 Å². The molecule has 1 aliphatic heterocycles. The van der Waals surface area contributed by atoms with E-state index in [9.17, 15) is 18.0 Å². The Labute approximate surface area is 119 Å². The number of nitrogen functional groups attached to an aromatic ring is 1. The average Bonchev–Trinajstić information content (AvgIpc) is 2.33. The monoisotopic (exact) mass is 304 g/mol. The molecule has 1 heterocycles. The third-order valence-corrected chi connectivity index (χ3v) is 2.94. The molecular weight excluding hydrogens is 289 g/mol. The number of hydrogen-bond donors (Lipinski definition) is 2. The van der Waals surface area contributed by atoms with Crippen LogP contribution in [0.5, 0.6) is 0 Å². The Kier molecular flexibility index (Phi) is 4.69. The van der Waals surface area contributed by atoms with Crippen LogP contribution < -0.4 is 11.1 Å². The predicted molar refractivity (Wildman–Crippen MR) is 69.7 cm³/mol. The third-order valence-electron chi connectivity index (χ3n) is 2.94. The molecule has 8 heteroatoms. The fraction of sp³-hybridized carbons (Fsp3) is 0.462. The van der Waals surface area contributed by atoms with Crippen LogP contribution in [0.1, 0.15) is 12.0 Å². The fourth-order valence-corrected chi connectivity index (χ4v) is 1.69. The van der Waals surface area contributed by atoms with Crippen molar-refractivity contribution in [1.29, 1.82) is 0 Å². The molecule has 0 aromatic heterocycles. The van der Waals surface area contributed by atoms with E-state index in [4.69, 9.17) is 15.2 Å². The Hall–Kier alpha value is -1.80. The van der Waals surface area contributed by atoms with Crippen molar-refractivity contribution < 1.29 is 27.4 Å². The highest BCUT2D eigenvalue weighted by molar-refractivity contribution is 5.93. The highest BCUT2D eigenvalue weighted by Gasteiger charge is 2.30. The van der Waals surface area contributed by atoms with Gasteiger partial charge in [0.05, 0.1) is 43.2 Å². The number of rotatable bonds is 5. The van der Waals surface area contributed by atoms with Gasteiger partial charge in [0.2, 0.25) is 5.91 Å². The molecule has 1 fully saturated rings. The van der Waals surface area contributed by atoms with E-state index in [2.05, 4.69) is 5.32 Å². The zero-order valence-corrected chi connectivity index (χ0v) is 11.1. The number of alkyl halides is 3. The molecule has 116 valence electrons. The normalized spacial score (nSPS) is 15.6. The summed E-state index contributed by atoms with van der Waals surface area (Å²) in [6.07, 6.45) is -4.35. The minimum absolute atomic E-state index is 0.0222. The van der Waals surface area contributed by atoms with Crippen LogP contribution in [0.15, 0.2) is 18.2 Å². The van der Waals surface area contributed by atoms with E-state index in [-0.39, 0.29) is 36.4 Å². The van der Waals surface area contributed by atoms with Crippen LogP contribution in [0.4, 0.5) is 24.5 Å². The first-order valence-electron chi connectivity index (χ1n) is 6.32. The lowest BCUT2D eigenvalue weighted by atomic mass is 10.1. The molecule has 1 aromatic rings. The summed E-state index contributed by atoms with van der Waals surface area (Å²) < 4.78 is 47.6. The maximum Gasteiger partial charge on any atom is 0.416 e. The zero-order valence-electron chi connectivity index (χ0n) is 11.1. The number of ether oxygens (including phenoxy) is 2. The molecule has 2 rings (SSSR count). The smallest absolute Gasteiger partial charge is 0.397 e. The number of carbonyl (C=O) groups excluding carboxylic acids is 1. The molecule has 5 nitrogen and oxygen atoms in total. The number of benzene rings is 1. The van der Waals surface area contributed by atoms with Crippen LogP contribution in [0.25, 0.3) is 0 Å². The maximum atomic E-state index is 12.5. The zero-order chi connectivity index (χ0) is 15.5. The van der Waals surface area contributed by atoms with Gasteiger partial charge in [-0.1, -0.05) is 0 Å². The van der Waals surface area contributed by atoms with Crippen molar-refractivity contribution in [3.05, 3.63) is 23.8 Å². The molecule has 0 spiro atoms. The van der Waals surface area contributed by atoms with Crippen molar-refractivity contribution in [2.45, 2.75) is 18.7 Å². The van der Waals surface area contributed by atoms with Crippen LogP contribution in [-0.4, -0.2) is 31.8 Å². The number of nitrogens with two attached hydrogens (primary N) is 1. The number of hydrogen-bond acceptors (Lipinski definition) is 4. The van der Waals surface area contributed by atoms with E-state index in [0.29, 0.717) is 13.2 Å². The minimum Gasteiger partial charge on any atom is -0.397 e. The van der Waals surface area contributed by atoms with Gasteiger partial charge in [-0.2, -0.15) is 13.2 Å². The molecule has 0 aliphatic carbocycles. The van der Waals surface area contributed by atoms with E-state index < -0.39 is 11.7 Å². The third kappa shape index (κ3) is 4.33. The summed E-state index contributed by atoms with van der Waals surface area (Å²) in [7, 11) is 0. The number of anilines is 2. The van der Waals surface area contributed by atoms with Crippen LogP contribution in [0.2, 0.25) is 0 Å². The highest BCUT2D eigenvalue weighted by atomic mass is 19.4. The first-order valence-corrected chi connectivity index (χ1v) is 6.32. The second kappa shape index (κ2) is 6.31. The molecule has 0 unspecified atom stereocenters. The van der Waals surface area contributed by atoms with E-state index >= 15 is 0 Å². The molecule has 21 heavy (non-hydrogen) atoms. The lowest BCUT2D eigenvalue weighted by Crippen LogP contribution is -2.36. The Bertz CT molecular complexity index is 516. The molecule has 3 N–H and O–H groups in total. The summed E-state index contributed by atoms with van der Waals surface area (Å²) in [5, 5.41) is 2.46. The number of carbonyl (C=O) groups is 1. The Morgan fingerprint density at radius 1 is 1.43 bits per heavy atom. The van der Waals surface area contributed by atoms with Crippen LogP contribution in [-0.2, 0) is 20.4 Å². The SMILES string of the molecule is Nc1cc(C(F)(F)F)ccc1NC(=O)CCOC1COC1. The fourth-order valence-electron chi connectivity index (χ4n) is 1.69. The van der Waals surface area contributed by atoms with Crippen LogP contribution in [0.3, 0.4) is 0 Å². The van der Waals surface area contributed by atoms with Crippen LogP contribution in [0, 0.1) is 0 Å². The van der Waals surface area contributed by atoms with Crippen molar-refractivity contribution in [3.63, 3.8) is 0 Å². The minimum atomic E-state index is -4.46. The van der Waals surface area contributed by atoms with Crippen LogP contribution >= 0.6 is 0 Å². The largest absolute Gasteiger partial charge is 0.416 e. The average molecular weight is 304 g/mol. The lowest BCUT2D eigenvalue weighted by Gasteiger charge is -2.25. The van der Waals surface area contributed by atoms with Gasteiger partial charge >= 0.3 is 6.18 Å². The quantitative estimate of drug-likeness (QED) is 0.816. The number of nitrogens with one attached hydrogen (secondary N) is 1. The molecule has 1 amide bonds. The van der Waals surface area contributed by atoms with Gasteiger partial charge in [0, 0.05) is 0 Å². The number of amides is 1. The summed E-state index contributed by atoms with van der Waals surface area (Å²) >= 11 is 0. The molecule has 1 aliphatic rings. The second-order valence-corrected chi connectivity index (χ2v) is 4.63. The first kappa shape index (κ1) is 15.6. The van der Waals surface area contributed by atoms with E-state index in [0.717, 1.165) is 18.2 Å². The van der Waals surface area contributed by atoms with Gasteiger partial charge in [0.15, 0.2) is 0 Å². The number of halogens is 3. The Balaban J connectivity index is 1.85. The van der Waals surface area contributed by atoms with Crippen molar-refractivity contribution in [2.24, 2.45) is 0 Å². The second-order valence-electron chi connectivity index (χ2n) is 4.63. The molecule has 0 saturated carbocycles. The standard InChI is InChI=1S/C13H15F3N2O3/c14-13(15,16)8-1-2-11(10(17)5-8)18-12(19)3-4-21-9-6-20-7-9/h1-2,5,9H,3-4,6-7,17H2,(H,18,19). The summed E-state index contributed by atoms with van der Waals surface area (Å²) in [5.74, 6) is -0.373. The van der Waals surface area contributed by atoms with Crippen molar-refractivity contribution in [3.8, 4) is 0 Å². The summed E-state index contributed by atoms with van der Waals surface area (Å²) in [4.78, 5) is 11.6. The van der Waals surface area contributed by atoms with Gasteiger partial charge in [-0.3, -0.25) is 4.79 Å². The summed E-state index contributed by atoms with van der Waals surface area (Å²) in [6.45, 7) is 1.27. The molecule has 1 aromatic carbocycles. The van der Waals surface area contributed by atoms with Gasteiger partial charge in [-0.05, 0) is 18.2 Å². The van der Waals surface area contributed by atoms with Crippen molar-refractivity contribution in [1.82, 2.24) is 0 Å². The molecule has 0 atom stereocenters. The molecule has 0 bridgehead atoms. The van der Waals surface area contributed by atoms with Gasteiger partial charge in [-0.25, -0.2) is 0 Å². The predicted octanol–water partition coefficient (Wildman–Crippen LogP) is 2.03. The summed E-state index contributed by atoms with van der Waals surface area (Å²) in [5.41, 5.74) is 4.68. The van der Waals surface area contributed by atoms with Crippen molar-refractivity contribution in [2.75, 3.05) is 30.9 Å². The molecular formula is C13H15F3N2O3. The maximum absolute atomic E-state index is 12.5. The highest BCUT2D eigenvalue weighted by Crippen LogP contribution is 2.32. The van der Waals surface area contributed by atoms with Gasteiger partial charge in [0.25, 0.3) is 0 Å². The van der Waals surface area contributed by atoms with Crippen molar-refractivity contribution >= 4 is 17.3 Å². The lowest BCUT2D eigenvalue weighted by molar-refractivity contribution is -0.137. The van der Waals surface area contributed by atoms with Gasteiger partial charge in [0.1, 0.15) is 6.10 Å².